The van der Waals surface area contributed by atoms with Gasteiger partial charge in [0, 0.05) is 39.2 Å². The van der Waals surface area contributed by atoms with Crippen molar-refractivity contribution >= 4 is 16.7 Å². The lowest BCUT2D eigenvalue weighted by Gasteiger charge is -2.19. The summed E-state index contributed by atoms with van der Waals surface area (Å²) in [5.41, 5.74) is 0.978. The van der Waals surface area contributed by atoms with Gasteiger partial charge in [-0.05, 0) is 12.1 Å². The van der Waals surface area contributed by atoms with Gasteiger partial charge in [0.1, 0.15) is 12.1 Å². The largest absolute Gasteiger partial charge is 0.383 e. The molecule has 0 aliphatic carbocycles. The van der Waals surface area contributed by atoms with Crippen molar-refractivity contribution in [2.45, 2.75) is 0 Å². The van der Waals surface area contributed by atoms with Crippen LogP contribution in [-0.4, -0.2) is 50.4 Å². The van der Waals surface area contributed by atoms with Crippen molar-refractivity contribution in [1.82, 2.24) is 15.3 Å². The van der Waals surface area contributed by atoms with E-state index >= 15 is 0 Å². The molecule has 5 nitrogen and oxygen atoms in total. The zero-order chi connectivity index (χ0) is 13.5. The summed E-state index contributed by atoms with van der Waals surface area (Å²) in [7, 11) is 3.76. The van der Waals surface area contributed by atoms with Crippen LogP contribution in [0, 0.1) is 0 Å². The third-order valence-corrected chi connectivity index (χ3v) is 2.99. The Hall–Kier alpha value is -1.72. The standard InChI is InChI=1S/C14H20N4O/c1-18(9-7-15-8-10-19-2)14-12-5-3-4-6-13(12)16-11-17-14/h3-6,11,15H,7-10H2,1-2H3. The summed E-state index contributed by atoms with van der Waals surface area (Å²) in [6, 6.07) is 8.07. The molecule has 1 heterocycles. The molecule has 0 atom stereocenters. The monoisotopic (exact) mass is 260 g/mol. The topological polar surface area (TPSA) is 50.3 Å². The van der Waals surface area contributed by atoms with Crippen molar-refractivity contribution in [3.8, 4) is 0 Å². The van der Waals surface area contributed by atoms with Crippen molar-refractivity contribution in [3.63, 3.8) is 0 Å². The summed E-state index contributed by atoms with van der Waals surface area (Å²) in [5.74, 6) is 0.971. The van der Waals surface area contributed by atoms with E-state index in [0.717, 1.165) is 43.0 Å². The fourth-order valence-electron chi connectivity index (χ4n) is 1.95. The first-order valence-electron chi connectivity index (χ1n) is 6.43. The van der Waals surface area contributed by atoms with E-state index in [0.29, 0.717) is 0 Å². The third kappa shape index (κ3) is 3.62. The van der Waals surface area contributed by atoms with Crippen molar-refractivity contribution < 1.29 is 4.74 Å². The molecule has 1 aromatic carbocycles. The van der Waals surface area contributed by atoms with Gasteiger partial charge in [-0.1, -0.05) is 12.1 Å². The van der Waals surface area contributed by atoms with Gasteiger partial charge in [-0.3, -0.25) is 0 Å². The van der Waals surface area contributed by atoms with Gasteiger partial charge in [0.05, 0.1) is 12.1 Å². The predicted octanol–water partition coefficient (Wildman–Crippen LogP) is 1.30. The van der Waals surface area contributed by atoms with E-state index in [1.54, 1.807) is 13.4 Å². The summed E-state index contributed by atoms with van der Waals surface area (Å²) in [6.07, 6.45) is 1.62. The summed E-state index contributed by atoms with van der Waals surface area (Å²) >= 11 is 0. The minimum Gasteiger partial charge on any atom is -0.383 e. The molecule has 5 heteroatoms. The molecule has 0 saturated heterocycles. The number of likely N-dealkylation sites (N-methyl/N-ethyl adjacent to an activating group) is 1. The number of nitrogens with one attached hydrogen (secondary N) is 1. The molecule has 1 N–H and O–H groups in total. The van der Waals surface area contributed by atoms with Gasteiger partial charge in [0.15, 0.2) is 0 Å². The van der Waals surface area contributed by atoms with Gasteiger partial charge in [0.2, 0.25) is 0 Å². The number of rotatable bonds is 7. The zero-order valence-corrected chi connectivity index (χ0v) is 11.5. The van der Waals surface area contributed by atoms with Gasteiger partial charge in [-0.15, -0.1) is 0 Å². The Bertz CT molecular complexity index is 512. The highest BCUT2D eigenvalue weighted by Gasteiger charge is 2.07. The quantitative estimate of drug-likeness (QED) is 0.761. The van der Waals surface area contributed by atoms with Crippen LogP contribution in [0.3, 0.4) is 0 Å². The smallest absolute Gasteiger partial charge is 0.139 e. The van der Waals surface area contributed by atoms with Gasteiger partial charge in [-0.2, -0.15) is 0 Å². The Kier molecular flexibility index (Phi) is 5.06. The van der Waals surface area contributed by atoms with Gasteiger partial charge >= 0.3 is 0 Å². The molecule has 0 radical (unpaired) electrons. The molecule has 2 aromatic rings. The molecule has 102 valence electrons. The van der Waals surface area contributed by atoms with Crippen LogP contribution in [0.5, 0.6) is 0 Å². The molecule has 2 rings (SSSR count). The summed E-state index contributed by atoms with van der Waals surface area (Å²) in [5, 5.41) is 4.41. The maximum atomic E-state index is 4.99. The number of aromatic nitrogens is 2. The molecule has 0 aliphatic rings. The van der Waals surface area contributed by atoms with Crippen LogP contribution in [0.1, 0.15) is 0 Å². The lowest BCUT2D eigenvalue weighted by atomic mass is 10.2. The Morgan fingerprint density at radius 1 is 1.21 bits per heavy atom. The zero-order valence-electron chi connectivity index (χ0n) is 11.5. The molecule has 0 bridgehead atoms. The number of benzene rings is 1. The van der Waals surface area contributed by atoms with Crippen LogP contribution in [0.2, 0.25) is 0 Å². The summed E-state index contributed by atoms with van der Waals surface area (Å²) in [6.45, 7) is 3.40. The lowest BCUT2D eigenvalue weighted by Crippen LogP contribution is -2.31. The van der Waals surface area contributed by atoms with Crippen LogP contribution in [0.15, 0.2) is 30.6 Å². The second-order valence-electron chi connectivity index (χ2n) is 4.38. The van der Waals surface area contributed by atoms with E-state index in [4.69, 9.17) is 4.74 Å². The number of hydrogen-bond donors (Lipinski definition) is 1. The Balaban J connectivity index is 1.99. The highest BCUT2D eigenvalue weighted by Crippen LogP contribution is 2.20. The number of para-hydroxylation sites is 1. The first-order valence-corrected chi connectivity index (χ1v) is 6.43. The maximum Gasteiger partial charge on any atom is 0.139 e. The van der Waals surface area contributed by atoms with Crippen molar-refractivity contribution in [2.75, 3.05) is 45.3 Å². The van der Waals surface area contributed by atoms with E-state index in [1.165, 1.54) is 0 Å². The molecule has 1 aromatic heterocycles. The number of fused-ring (bicyclic) bond motifs is 1. The lowest BCUT2D eigenvalue weighted by molar-refractivity contribution is 0.200. The van der Waals surface area contributed by atoms with Gasteiger partial charge in [-0.25, -0.2) is 9.97 Å². The van der Waals surface area contributed by atoms with Crippen LogP contribution in [0.4, 0.5) is 5.82 Å². The number of ether oxygens (including phenoxy) is 1. The fourth-order valence-corrected chi connectivity index (χ4v) is 1.95. The maximum absolute atomic E-state index is 4.99. The average Bonchev–Trinajstić information content (AvgIpc) is 2.46. The Labute approximate surface area is 113 Å². The van der Waals surface area contributed by atoms with Crippen molar-refractivity contribution in [3.05, 3.63) is 30.6 Å². The van der Waals surface area contributed by atoms with Crippen LogP contribution in [-0.2, 0) is 4.74 Å². The fraction of sp³-hybridized carbons (Fsp3) is 0.429. The van der Waals surface area contributed by atoms with Crippen LogP contribution >= 0.6 is 0 Å². The summed E-state index contributed by atoms with van der Waals surface area (Å²) < 4.78 is 4.99. The highest BCUT2D eigenvalue weighted by atomic mass is 16.5. The molecule has 0 fully saturated rings. The molecule has 0 aliphatic heterocycles. The second kappa shape index (κ2) is 7.01. The minimum absolute atomic E-state index is 0.736. The molecule has 0 spiro atoms. The van der Waals surface area contributed by atoms with Crippen molar-refractivity contribution in [2.24, 2.45) is 0 Å². The molecule has 19 heavy (non-hydrogen) atoms. The van der Waals surface area contributed by atoms with Gasteiger partial charge < -0.3 is 15.0 Å². The minimum atomic E-state index is 0.736. The average molecular weight is 260 g/mol. The van der Waals surface area contributed by atoms with E-state index in [1.807, 2.05) is 25.2 Å². The first-order chi connectivity index (χ1) is 9.33. The normalized spacial score (nSPS) is 10.8. The Morgan fingerprint density at radius 2 is 2.05 bits per heavy atom. The molecular weight excluding hydrogens is 240 g/mol. The highest BCUT2D eigenvalue weighted by molar-refractivity contribution is 5.89. The Morgan fingerprint density at radius 3 is 2.89 bits per heavy atom. The molecule has 0 amide bonds. The van der Waals surface area contributed by atoms with E-state index in [9.17, 15) is 0 Å². The number of anilines is 1. The molecule has 0 unspecified atom stereocenters. The predicted molar refractivity (Wildman–Crippen MR) is 77.6 cm³/mol. The number of hydrogen-bond acceptors (Lipinski definition) is 5. The third-order valence-electron chi connectivity index (χ3n) is 2.99. The second-order valence-corrected chi connectivity index (χ2v) is 4.38. The van der Waals surface area contributed by atoms with Crippen LogP contribution < -0.4 is 10.2 Å². The van der Waals surface area contributed by atoms with E-state index in [2.05, 4.69) is 26.3 Å². The summed E-state index contributed by atoms with van der Waals surface area (Å²) in [4.78, 5) is 10.8. The number of methoxy groups -OCH3 is 1. The SMILES string of the molecule is COCCNCCN(C)c1ncnc2ccccc12. The van der Waals surface area contributed by atoms with Crippen LogP contribution in [0.25, 0.3) is 10.9 Å². The van der Waals surface area contributed by atoms with Gasteiger partial charge in [0.25, 0.3) is 0 Å². The van der Waals surface area contributed by atoms with Crippen molar-refractivity contribution in [1.29, 1.82) is 0 Å². The van der Waals surface area contributed by atoms with E-state index < -0.39 is 0 Å². The molecular formula is C14H20N4O. The molecule has 0 saturated carbocycles. The number of nitrogens with zero attached hydrogens (tertiary/aromatic N) is 3. The van der Waals surface area contributed by atoms with E-state index in [-0.39, 0.29) is 0 Å². The first kappa shape index (κ1) is 13.7.